The monoisotopic (exact) mass is 361 g/mol. The zero-order valence-corrected chi connectivity index (χ0v) is 16.8. The number of halogens is 1. The van der Waals surface area contributed by atoms with Crippen LogP contribution < -0.4 is 17.0 Å². The smallest absolute Gasteiger partial charge is 0.107 e. The van der Waals surface area contributed by atoms with Gasteiger partial charge in [-0.05, 0) is 12.5 Å². The standard InChI is InChI=1S/C19H40N.BrH/c1-6-8-9-10-11-12-13-14-15-16-17-18-19(7-2)20(3,4)5;/h7,19H,2,6,8-18H2,1,3-5H3;1H/q+1;/p-1. The summed E-state index contributed by atoms with van der Waals surface area (Å²) >= 11 is 0. The highest BCUT2D eigenvalue weighted by Gasteiger charge is 2.18. The molecule has 0 heterocycles. The van der Waals surface area contributed by atoms with Crippen molar-refractivity contribution < 1.29 is 21.5 Å². The Hall–Kier alpha value is 0.180. The van der Waals surface area contributed by atoms with Gasteiger partial charge in [0.15, 0.2) is 0 Å². The molecule has 0 aromatic heterocycles. The highest BCUT2D eigenvalue weighted by atomic mass is 79.9. The highest BCUT2D eigenvalue weighted by Crippen LogP contribution is 2.15. The Morgan fingerprint density at radius 3 is 1.48 bits per heavy atom. The second-order valence-electron chi connectivity index (χ2n) is 7.24. The topological polar surface area (TPSA) is 0 Å². The molecule has 0 aliphatic heterocycles. The summed E-state index contributed by atoms with van der Waals surface area (Å²) in [5.74, 6) is 0. The van der Waals surface area contributed by atoms with Crippen LogP contribution in [0.4, 0.5) is 0 Å². The molecule has 128 valence electrons. The molecule has 0 amide bonds. The quantitative estimate of drug-likeness (QED) is 0.253. The largest absolute Gasteiger partial charge is 1.00 e. The number of hydrogen-bond acceptors (Lipinski definition) is 0. The Labute approximate surface area is 145 Å². The number of unbranched alkanes of at least 4 members (excludes halogenated alkanes) is 10. The van der Waals surface area contributed by atoms with Crippen molar-refractivity contribution >= 4 is 0 Å². The zero-order valence-electron chi connectivity index (χ0n) is 15.2. The summed E-state index contributed by atoms with van der Waals surface area (Å²) in [6.07, 6.45) is 19.1. The van der Waals surface area contributed by atoms with Gasteiger partial charge in [-0.3, -0.25) is 0 Å². The lowest BCUT2D eigenvalue weighted by Gasteiger charge is -2.32. The van der Waals surface area contributed by atoms with Crippen LogP contribution in [0.2, 0.25) is 0 Å². The molecule has 0 fully saturated rings. The summed E-state index contributed by atoms with van der Waals surface area (Å²) in [6.45, 7) is 6.27. The predicted molar refractivity (Wildman–Crippen MR) is 93.1 cm³/mol. The van der Waals surface area contributed by atoms with Crippen LogP contribution in [0.5, 0.6) is 0 Å². The van der Waals surface area contributed by atoms with Crippen molar-refractivity contribution in [3.05, 3.63) is 12.7 Å². The van der Waals surface area contributed by atoms with Crippen molar-refractivity contribution in [2.24, 2.45) is 0 Å². The van der Waals surface area contributed by atoms with Crippen LogP contribution in [-0.4, -0.2) is 31.7 Å². The van der Waals surface area contributed by atoms with Crippen molar-refractivity contribution in [1.82, 2.24) is 0 Å². The zero-order chi connectivity index (χ0) is 15.3. The van der Waals surface area contributed by atoms with E-state index >= 15 is 0 Å². The Bertz CT molecular complexity index is 220. The van der Waals surface area contributed by atoms with E-state index in [0.717, 1.165) is 4.48 Å². The molecule has 1 nitrogen and oxygen atoms in total. The molecule has 0 aliphatic carbocycles. The van der Waals surface area contributed by atoms with E-state index in [1.54, 1.807) is 0 Å². The van der Waals surface area contributed by atoms with Crippen molar-refractivity contribution in [1.29, 1.82) is 0 Å². The van der Waals surface area contributed by atoms with Gasteiger partial charge in [-0.1, -0.05) is 77.7 Å². The number of rotatable bonds is 14. The lowest BCUT2D eigenvalue weighted by molar-refractivity contribution is -0.889. The van der Waals surface area contributed by atoms with Gasteiger partial charge in [0.25, 0.3) is 0 Å². The molecular formula is C19H40BrN. The highest BCUT2D eigenvalue weighted by molar-refractivity contribution is 4.79. The number of hydrogen-bond donors (Lipinski definition) is 0. The van der Waals surface area contributed by atoms with Gasteiger partial charge < -0.3 is 21.5 Å². The van der Waals surface area contributed by atoms with Gasteiger partial charge in [-0.25, -0.2) is 0 Å². The summed E-state index contributed by atoms with van der Waals surface area (Å²) in [6, 6.07) is 0.619. The van der Waals surface area contributed by atoms with Crippen molar-refractivity contribution in [3.8, 4) is 0 Å². The van der Waals surface area contributed by atoms with Gasteiger partial charge in [0, 0.05) is 6.42 Å². The normalized spacial score (nSPS) is 12.8. The summed E-state index contributed by atoms with van der Waals surface area (Å²) in [5, 5.41) is 0. The fourth-order valence-corrected chi connectivity index (χ4v) is 2.84. The molecule has 0 saturated heterocycles. The van der Waals surface area contributed by atoms with Crippen molar-refractivity contribution in [2.75, 3.05) is 21.1 Å². The van der Waals surface area contributed by atoms with Gasteiger partial charge in [0.05, 0.1) is 21.1 Å². The molecule has 21 heavy (non-hydrogen) atoms. The Kier molecular flexibility index (Phi) is 16.8. The molecule has 0 rings (SSSR count). The first-order valence-corrected chi connectivity index (χ1v) is 8.96. The Balaban J connectivity index is 0. The van der Waals surface area contributed by atoms with E-state index < -0.39 is 0 Å². The maximum atomic E-state index is 3.98. The lowest BCUT2D eigenvalue weighted by atomic mass is 10.0. The fraction of sp³-hybridized carbons (Fsp3) is 0.895. The molecule has 0 N–H and O–H groups in total. The van der Waals surface area contributed by atoms with Gasteiger partial charge in [0.1, 0.15) is 6.04 Å². The van der Waals surface area contributed by atoms with Gasteiger partial charge in [-0.15, -0.1) is 0 Å². The first-order chi connectivity index (χ1) is 9.52. The third-order valence-electron chi connectivity index (χ3n) is 4.37. The van der Waals surface area contributed by atoms with Crippen LogP contribution in [0.25, 0.3) is 0 Å². The average Bonchev–Trinajstić information content (AvgIpc) is 2.38. The van der Waals surface area contributed by atoms with Gasteiger partial charge in [-0.2, -0.15) is 0 Å². The molecule has 0 aromatic rings. The van der Waals surface area contributed by atoms with E-state index in [4.69, 9.17) is 0 Å². The molecule has 0 aliphatic rings. The van der Waals surface area contributed by atoms with Crippen LogP contribution in [0, 0.1) is 0 Å². The van der Waals surface area contributed by atoms with Gasteiger partial charge in [0.2, 0.25) is 0 Å². The third-order valence-corrected chi connectivity index (χ3v) is 4.37. The SMILES string of the molecule is C=CC(CCCCCCCCCCCCC)[N+](C)(C)C.[Br-]. The summed E-state index contributed by atoms with van der Waals surface area (Å²) < 4.78 is 1.02. The first kappa shape index (κ1) is 23.4. The minimum Gasteiger partial charge on any atom is -1.00 e. The molecular weight excluding hydrogens is 322 g/mol. The number of likely N-dealkylation sites (N-methyl/N-ethyl adjacent to an activating group) is 1. The van der Waals surface area contributed by atoms with Crippen molar-refractivity contribution in [3.63, 3.8) is 0 Å². The van der Waals surface area contributed by atoms with Crippen LogP contribution in [0.15, 0.2) is 12.7 Å². The van der Waals surface area contributed by atoms with E-state index in [0.29, 0.717) is 6.04 Å². The fourth-order valence-electron chi connectivity index (χ4n) is 2.84. The van der Waals surface area contributed by atoms with E-state index in [1.807, 2.05) is 0 Å². The van der Waals surface area contributed by atoms with E-state index in [-0.39, 0.29) is 17.0 Å². The van der Waals surface area contributed by atoms with Crippen LogP contribution in [-0.2, 0) is 0 Å². The van der Waals surface area contributed by atoms with E-state index in [1.165, 1.54) is 77.0 Å². The summed E-state index contributed by atoms with van der Waals surface area (Å²) in [7, 11) is 6.81. The van der Waals surface area contributed by atoms with Crippen molar-refractivity contribution in [2.45, 2.75) is 90.0 Å². The lowest BCUT2D eigenvalue weighted by Crippen LogP contribution is -3.00. The molecule has 2 heteroatoms. The Morgan fingerprint density at radius 2 is 1.14 bits per heavy atom. The maximum Gasteiger partial charge on any atom is 0.107 e. The molecule has 0 aromatic carbocycles. The van der Waals surface area contributed by atoms with Crippen LogP contribution in [0.1, 0.15) is 84.0 Å². The summed E-state index contributed by atoms with van der Waals surface area (Å²) in [5.41, 5.74) is 0. The second kappa shape index (κ2) is 15.1. The number of nitrogens with zero attached hydrogens (tertiary/aromatic N) is 1. The predicted octanol–water partition coefficient (Wildman–Crippen LogP) is 2.95. The molecule has 0 radical (unpaired) electrons. The molecule has 0 spiro atoms. The van der Waals surface area contributed by atoms with Gasteiger partial charge >= 0.3 is 0 Å². The second-order valence-corrected chi connectivity index (χ2v) is 7.24. The maximum absolute atomic E-state index is 3.98. The minimum atomic E-state index is 0. The van der Waals surface area contributed by atoms with E-state index in [2.05, 4.69) is 40.7 Å². The average molecular weight is 362 g/mol. The Morgan fingerprint density at radius 1 is 0.762 bits per heavy atom. The number of quaternary nitrogens is 1. The first-order valence-electron chi connectivity index (χ1n) is 8.96. The van der Waals surface area contributed by atoms with Crippen LogP contribution in [0.3, 0.4) is 0 Å². The molecule has 0 saturated carbocycles. The minimum absolute atomic E-state index is 0. The third kappa shape index (κ3) is 14.9. The van der Waals surface area contributed by atoms with Crippen LogP contribution >= 0.6 is 0 Å². The molecule has 1 unspecified atom stereocenters. The van der Waals surface area contributed by atoms with E-state index in [9.17, 15) is 0 Å². The molecule has 1 atom stereocenters. The summed E-state index contributed by atoms with van der Waals surface area (Å²) in [4.78, 5) is 0. The molecule has 0 bridgehead atoms.